The summed E-state index contributed by atoms with van der Waals surface area (Å²) in [6, 6.07) is 6.29. The molecule has 0 spiro atoms. The Labute approximate surface area is 117 Å². The van der Waals surface area contributed by atoms with Crippen LogP contribution in [0.3, 0.4) is 0 Å². The van der Waals surface area contributed by atoms with Crippen LogP contribution in [0.4, 0.5) is 0 Å². The zero-order chi connectivity index (χ0) is 14.3. The largest absolute Gasteiger partial charge is 0.331 e. The number of hydrogen-bond donors (Lipinski definition) is 0. The van der Waals surface area contributed by atoms with E-state index in [1.807, 2.05) is 6.07 Å². The van der Waals surface area contributed by atoms with E-state index in [0.717, 1.165) is 18.4 Å². The highest BCUT2D eigenvalue weighted by molar-refractivity contribution is 5.35. The van der Waals surface area contributed by atoms with Crippen LogP contribution in [-0.4, -0.2) is 9.13 Å². The van der Waals surface area contributed by atoms with Crippen LogP contribution >= 0.6 is 0 Å². The van der Waals surface area contributed by atoms with Gasteiger partial charge in [0.15, 0.2) is 0 Å². The third kappa shape index (κ3) is 2.11. The molecule has 1 heterocycles. The van der Waals surface area contributed by atoms with Crippen LogP contribution in [-0.2, 0) is 26.4 Å². The van der Waals surface area contributed by atoms with Gasteiger partial charge in [-0.1, -0.05) is 18.2 Å². The average molecular weight is 270 g/mol. The molecule has 1 aromatic carbocycles. The number of nitrogens with zero attached hydrogens (tertiary/aromatic N) is 2. The monoisotopic (exact) mass is 270 g/mol. The SMILES string of the molecule is Cc1cn(C)c(=O)n(Cc2ccc3c(c2)CCC3)c1=O. The van der Waals surface area contributed by atoms with Crippen molar-refractivity contribution in [3.05, 3.63) is 67.5 Å². The summed E-state index contributed by atoms with van der Waals surface area (Å²) >= 11 is 0. The minimum atomic E-state index is -0.263. The number of benzene rings is 1. The molecule has 0 unspecified atom stereocenters. The third-order valence-electron chi connectivity index (χ3n) is 4.01. The molecule has 0 saturated carbocycles. The Balaban J connectivity index is 2.04. The molecule has 0 saturated heterocycles. The lowest BCUT2D eigenvalue weighted by Crippen LogP contribution is -2.39. The second-order valence-electron chi connectivity index (χ2n) is 5.55. The second kappa shape index (κ2) is 4.78. The van der Waals surface area contributed by atoms with Crippen molar-refractivity contribution in [2.45, 2.75) is 32.7 Å². The molecule has 1 aliphatic carbocycles. The minimum Gasteiger partial charge on any atom is -0.303 e. The van der Waals surface area contributed by atoms with Crippen molar-refractivity contribution in [2.75, 3.05) is 0 Å². The molecule has 3 rings (SSSR count). The van der Waals surface area contributed by atoms with Gasteiger partial charge in [0.1, 0.15) is 0 Å². The van der Waals surface area contributed by atoms with Crippen LogP contribution in [0.2, 0.25) is 0 Å². The van der Waals surface area contributed by atoms with Gasteiger partial charge in [-0.25, -0.2) is 4.79 Å². The Morgan fingerprint density at radius 2 is 1.90 bits per heavy atom. The maximum absolute atomic E-state index is 12.1. The molecule has 1 aliphatic rings. The van der Waals surface area contributed by atoms with Crippen LogP contribution in [0.5, 0.6) is 0 Å². The fourth-order valence-corrected chi connectivity index (χ4v) is 2.94. The second-order valence-corrected chi connectivity index (χ2v) is 5.55. The summed E-state index contributed by atoms with van der Waals surface area (Å²) in [5.74, 6) is 0. The Morgan fingerprint density at radius 1 is 1.15 bits per heavy atom. The van der Waals surface area contributed by atoms with E-state index in [1.165, 1.54) is 26.7 Å². The molecule has 104 valence electrons. The summed E-state index contributed by atoms with van der Waals surface area (Å²) in [6.45, 7) is 2.08. The number of fused-ring (bicyclic) bond motifs is 1. The van der Waals surface area contributed by atoms with E-state index >= 15 is 0 Å². The standard InChI is InChI=1S/C16H18N2O2/c1-11-9-17(2)16(20)18(15(11)19)10-12-6-7-13-4-3-5-14(13)8-12/h6-9H,3-5,10H2,1-2H3. The molecule has 0 bridgehead atoms. The van der Waals surface area contributed by atoms with Gasteiger partial charge in [-0.3, -0.25) is 9.36 Å². The molecule has 1 aromatic heterocycles. The zero-order valence-corrected chi connectivity index (χ0v) is 11.8. The molecule has 2 aromatic rings. The first-order valence-electron chi connectivity index (χ1n) is 6.94. The van der Waals surface area contributed by atoms with Crippen LogP contribution in [0.25, 0.3) is 0 Å². The van der Waals surface area contributed by atoms with E-state index in [4.69, 9.17) is 0 Å². The van der Waals surface area contributed by atoms with Crippen molar-refractivity contribution in [3.63, 3.8) is 0 Å². The Morgan fingerprint density at radius 3 is 2.70 bits per heavy atom. The highest BCUT2D eigenvalue weighted by atomic mass is 16.2. The summed E-state index contributed by atoms with van der Waals surface area (Å²) in [5.41, 5.74) is 3.91. The average Bonchev–Trinajstić information content (AvgIpc) is 2.89. The highest BCUT2D eigenvalue weighted by Gasteiger charge is 2.12. The number of hydrogen-bond acceptors (Lipinski definition) is 2. The van der Waals surface area contributed by atoms with E-state index in [2.05, 4.69) is 12.1 Å². The van der Waals surface area contributed by atoms with Gasteiger partial charge in [0, 0.05) is 18.8 Å². The lowest BCUT2D eigenvalue weighted by Gasteiger charge is -2.10. The van der Waals surface area contributed by atoms with Gasteiger partial charge < -0.3 is 4.57 Å². The summed E-state index contributed by atoms with van der Waals surface area (Å²) in [5, 5.41) is 0. The molecule has 0 radical (unpaired) electrons. The van der Waals surface area contributed by atoms with Gasteiger partial charge >= 0.3 is 5.69 Å². The topological polar surface area (TPSA) is 44.0 Å². The van der Waals surface area contributed by atoms with Crippen molar-refractivity contribution < 1.29 is 0 Å². The van der Waals surface area contributed by atoms with Gasteiger partial charge in [-0.05, 0) is 42.9 Å². The van der Waals surface area contributed by atoms with Gasteiger partial charge in [0.25, 0.3) is 5.56 Å². The van der Waals surface area contributed by atoms with E-state index in [0.29, 0.717) is 12.1 Å². The molecule has 4 heteroatoms. The van der Waals surface area contributed by atoms with E-state index in [1.54, 1.807) is 20.2 Å². The van der Waals surface area contributed by atoms with Crippen LogP contribution in [0.15, 0.2) is 34.0 Å². The first-order valence-corrected chi connectivity index (χ1v) is 6.94. The number of rotatable bonds is 2. The Bertz CT molecular complexity index is 750. The predicted octanol–water partition coefficient (Wildman–Crippen LogP) is 1.39. The lowest BCUT2D eigenvalue weighted by molar-refractivity contribution is 0.632. The molecule has 0 N–H and O–H groups in total. The van der Waals surface area contributed by atoms with E-state index < -0.39 is 0 Å². The van der Waals surface area contributed by atoms with Crippen molar-refractivity contribution in [1.82, 2.24) is 9.13 Å². The smallest absolute Gasteiger partial charge is 0.303 e. The molecule has 0 fully saturated rings. The molecule has 0 atom stereocenters. The molecule has 4 nitrogen and oxygen atoms in total. The van der Waals surface area contributed by atoms with E-state index in [9.17, 15) is 9.59 Å². The Hall–Kier alpha value is -2.10. The van der Waals surface area contributed by atoms with Gasteiger partial charge in [0.05, 0.1) is 6.54 Å². The van der Waals surface area contributed by atoms with Crippen molar-refractivity contribution in [1.29, 1.82) is 0 Å². The fourth-order valence-electron chi connectivity index (χ4n) is 2.94. The van der Waals surface area contributed by atoms with Gasteiger partial charge in [-0.15, -0.1) is 0 Å². The first kappa shape index (κ1) is 12.9. The van der Waals surface area contributed by atoms with Crippen molar-refractivity contribution >= 4 is 0 Å². The summed E-state index contributed by atoms with van der Waals surface area (Å²) in [6.07, 6.45) is 5.03. The van der Waals surface area contributed by atoms with Gasteiger partial charge in [0.2, 0.25) is 0 Å². The van der Waals surface area contributed by atoms with Crippen LogP contribution < -0.4 is 11.2 Å². The molecule has 0 amide bonds. The van der Waals surface area contributed by atoms with E-state index in [-0.39, 0.29) is 11.2 Å². The lowest BCUT2D eigenvalue weighted by atomic mass is 10.1. The summed E-state index contributed by atoms with van der Waals surface area (Å²) in [4.78, 5) is 24.2. The normalized spacial score (nSPS) is 13.5. The van der Waals surface area contributed by atoms with Crippen LogP contribution in [0.1, 0.15) is 28.7 Å². The maximum atomic E-state index is 12.1. The van der Waals surface area contributed by atoms with Crippen molar-refractivity contribution in [2.24, 2.45) is 7.05 Å². The molecular formula is C16H18N2O2. The maximum Gasteiger partial charge on any atom is 0.331 e. The molecule has 0 aliphatic heterocycles. The Kier molecular flexibility index (Phi) is 3.08. The fraction of sp³-hybridized carbons (Fsp3) is 0.375. The first-order chi connectivity index (χ1) is 9.56. The highest BCUT2D eigenvalue weighted by Crippen LogP contribution is 2.22. The molecular weight excluding hydrogens is 252 g/mol. The zero-order valence-electron chi connectivity index (χ0n) is 11.8. The third-order valence-corrected chi connectivity index (χ3v) is 4.01. The predicted molar refractivity (Wildman–Crippen MR) is 78.2 cm³/mol. The summed E-state index contributed by atoms with van der Waals surface area (Å²) < 4.78 is 2.77. The quantitative estimate of drug-likeness (QED) is 0.828. The number of aryl methyl sites for hydroxylation is 4. The molecule has 20 heavy (non-hydrogen) atoms. The minimum absolute atomic E-state index is 0.200. The van der Waals surface area contributed by atoms with Crippen molar-refractivity contribution in [3.8, 4) is 0 Å². The summed E-state index contributed by atoms with van der Waals surface area (Å²) in [7, 11) is 1.67. The number of aromatic nitrogens is 2. The van der Waals surface area contributed by atoms with Gasteiger partial charge in [-0.2, -0.15) is 0 Å². The van der Waals surface area contributed by atoms with Crippen LogP contribution in [0, 0.1) is 6.92 Å².